The lowest BCUT2D eigenvalue weighted by atomic mass is 9.88. The fraction of sp³-hybridized carbons (Fsp3) is 0.417. The van der Waals surface area contributed by atoms with Gasteiger partial charge in [0.15, 0.2) is 0 Å². The molecule has 0 spiro atoms. The highest BCUT2D eigenvalue weighted by Gasteiger charge is 2.18. The van der Waals surface area contributed by atoms with Crippen LogP contribution in [0.4, 0.5) is 5.69 Å². The lowest BCUT2D eigenvalue weighted by Crippen LogP contribution is -2.36. The maximum atomic E-state index is 5.95. The van der Waals surface area contributed by atoms with E-state index in [0.717, 1.165) is 5.69 Å². The van der Waals surface area contributed by atoms with Crippen LogP contribution in [-0.4, -0.2) is 12.3 Å². The highest BCUT2D eigenvalue weighted by molar-refractivity contribution is 5.69. The Balaban J connectivity index is 2.66. The summed E-state index contributed by atoms with van der Waals surface area (Å²) in [6.07, 6.45) is 1.81. The van der Waals surface area contributed by atoms with E-state index in [4.69, 9.17) is 5.73 Å². The molecule has 0 bridgehead atoms. The standard InChI is InChI=1S/C12H18N2/c1-12(2,3)11(13)9-14-10-7-5-4-6-8-10/h4-9,11H,13H2,1-3H3/b14-9+/t11-/m1/s1. The van der Waals surface area contributed by atoms with Crippen molar-refractivity contribution in [1.82, 2.24) is 0 Å². The monoisotopic (exact) mass is 190 g/mol. The van der Waals surface area contributed by atoms with E-state index in [-0.39, 0.29) is 11.5 Å². The quantitative estimate of drug-likeness (QED) is 0.715. The van der Waals surface area contributed by atoms with Crippen LogP contribution in [0.3, 0.4) is 0 Å². The zero-order valence-electron chi connectivity index (χ0n) is 9.07. The van der Waals surface area contributed by atoms with Gasteiger partial charge in [-0.2, -0.15) is 0 Å². The molecule has 0 saturated carbocycles. The number of para-hydroxylation sites is 1. The third kappa shape index (κ3) is 3.30. The summed E-state index contributed by atoms with van der Waals surface area (Å²) in [4.78, 5) is 4.32. The third-order valence-electron chi connectivity index (χ3n) is 2.14. The number of hydrogen-bond donors (Lipinski definition) is 1. The Bertz CT molecular complexity index is 296. The van der Waals surface area contributed by atoms with Crippen molar-refractivity contribution in [2.75, 3.05) is 0 Å². The van der Waals surface area contributed by atoms with Crippen LogP contribution in [0.2, 0.25) is 0 Å². The molecule has 1 atom stereocenters. The van der Waals surface area contributed by atoms with Gasteiger partial charge in [0.2, 0.25) is 0 Å². The summed E-state index contributed by atoms with van der Waals surface area (Å²) in [6.45, 7) is 6.32. The molecule has 2 heteroatoms. The van der Waals surface area contributed by atoms with Crippen LogP contribution in [0.25, 0.3) is 0 Å². The van der Waals surface area contributed by atoms with Gasteiger partial charge in [0.05, 0.1) is 5.69 Å². The fourth-order valence-corrected chi connectivity index (χ4v) is 0.904. The van der Waals surface area contributed by atoms with Crippen molar-refractivity contribution in [3.63, 3.8) is 0 Å². The van der Waals surface area contributed by atoms with Gasteiger partial charge in [-0.25, -0.2) is 0 Å². The zero-order chi connectivity index (χ0) is 10.6. The first-order valence-electron chi connectivity index (χ1n) is 4.85. The molecular formula is C12H18N2. The average molecular weight is 190 g/mol. The van der Waals surface area contributed by atoms with E-state index in [2.05, 4.69) is 25.8 Å². The second-order valence-corrected chi connectivity index (χ2v) is 4.51. The molecule has 0 fully saturated rings. The van der Waals surface area contributed by atoms with Gasteiger partial charge >= 0.3 is 0 Å². The smallest absolute Gasteiger partial charge is 0.0626 e. The molecular weight excluding hydrogens is 172 g/mol. The Morgan fingerprint density at radius 3 is 2.29 bits per heavy atom. The van der Waals surface area contributed by atoms with Gasteiger partial charge in [0.25, 0.3) is 0 Å². The summed E-state index contributed by atoms with van der Waals surface area (Å²) in [5, 5.41) is 0. The van der Waals surface area contributed by atoms with Crippen LogP contribution in [-0.2, 0) is 0 Å². The van der Waals surface area contributed by atoms with Crippen molar-refractivity contribution < 1.29 is 0 Å². The summed E-state index contributed by atoms with van der Waals surface area (Å²) in [7, 11) is 0. The van der Waals surface area contributed by atoms with Crippen LogP contribution in [0.15, 0.2) is 35.3 Å². The first-order chi connectivity index (χ1) is 6.50. The Morgan fingerprint density at radius 1 is 1.21 bits per heavy atom. The third-order valence-corrected chi connectivity index (χ3v) is 2.14. The van der Waals surface area contributed by atoms with Crippen LogP contribution >= 0.6 is 0 Å². The van der Waals surface area contributed by atoms with Crippen molar-refractivity contribution in [2.24, 2.45) is 16.1 Å². The number of benzene rings is 1. The van der Waals surface area contributed by atoms with Gasteiger partial charge in [0.1, 0.15) is 0 Å². The van der Waals surface area contributed by atoms with Crippen LogP contribution in [0.1, 0.15) is 20.8 Å². The minimum Gasteiger partial charge on any atom is -0.323 e. The normalized spacial score (nSPS) is 14.6. The van der Waals surface area contributed by atoms with E-state index >= 15 is 0 Å². The Kier molecular flexibility index (Phi) is 3.42. The number of rotatable bonds is 2. The van der Waals surface area contributed by atoms with E-state index in [9.17, 15) is 0 Å². The minimum absolute atomic E-state index is 0.0114. The van der Waals surface area contributed by atoms with E-state index in [0.29, 0.717) is 0 Å². The topological polar surface area (TPSA) is 38.4 Å². The van der Waals surface area contributed by atoms with Crippen molar-refractivity contribution >= 4 is 11.9 Å². The van der Waals surface area contributed by atoms with Crippen LogP contribution in [0, 0.1) is 5.41 Å². The summed E-state index contributed by atoms with van der Waals surface area (Å²) in [6, 6.07) is 9.83. The van der Waals surface area contributed by atoms with Crippen molar-refractivity contribution in [3.05, 3.63) is 30.3 Å². The largest absolute Gasteiger partial charge is 0.323 e. The minimum atomic E-state index is -0.0114. The van der Waals surface area contributed by atoms with Gasteiger partial charge in [-0.05, 0) is 17.5 Å². The van der Waals surface area contributed by atoms with Crippen molar-refractivity contribution in [1.29, 1.82) is 0 Å². The number of aliphatic imine (C=N–C) groups is 1. The summed E-state index contributed by atoms with van der Waals surface area (Å²) in [5.41, 5.74) is 6.97. The Hall–Kier alpha value is -1.15. The summed E-state index contributed by atoms with van der Waals surface area (Å²) in [5.74, 6) is 0. The molecule has 76 valence electrons. The van der Waals surface area contributed by atoms with Crippen LogP contribution < -0.4 is 5.73 Å². The first kappa shape index (κ1) is 10.9. The molecule has 0 saturated heterocycles. The zero-order valence-corrected chi connectivity index (χ0v) is 9.07. The Labute approximate surface area is 85.9 Å². The fourth-order valence-electron chi connectivity index (χ4n) is 0.904. The molecule has 2 nitrogen and oxygen atoms in total. The van der Waals surface area contributed by atoms with Gasteiger partial charge in [-0.1, -0.05) is 39.0 Å². The number of hydrogen-bond acceptors (Lipinski definition) is 2. The van der Waals surface area contributed by atoms with Crippen LogP contribution in [0.5, 0.6) is 0 Å². The highest BCUT2D eigenvalue weighted by Crippen LogP contribution is 2.17. The Morgan fingerprint density at radius 2 is 1.79 bits per heavy atom. The van der Waals surface area contributed by atoms with Gasteiger partial charge < -0.3 is 5.73 Å². The molecule has 0 heterocycles. The van der Waals surface area contributed by atoms with E-state index in [1.54, 1.807) is 0 Å². The first-order valence-corrected chi connectivity index (χ1v) is 4.85. The molecule has 0 aromatic heterocycles. The molecule has 1 aromatic carbocycles. The van der Waals surface area contributed by atoms with Gasteiger partial charge in [0, 0.05) is 12.3 Å². The van der Waals surface area contributed by atoms with Crippen molar-refractivity contribution in [2.45, 2.75) is 26.8 Å². The molecule has 0 radical (unpaired) electrons. The molecule has 2 N–H and O–H groups in total. The molecule has 0 aliphatic carbocycles. The molecule has 1 aromatic rings. The number of nitrogens with two attached hydrogens (primary N) is 1. The molecule has 1 rings (SSSR count). The van der Waals surface area contributed by atoms with E-state index in [1.807, 2.05) is 36.5 Å². The molecule has 0 unspecified atom stereocenters. The van der Waals surface area contributed by atoms with E-state index < -0.39 is 0 Å². The molecule has 14 heavy (non-hydrogen) atoms. The average Bonchev–Trinajstić information content (AvgIpc) is 2.14. The lowest BCUT2D eigenvalue weighted by molar-refractivity contribution is 0.386. The maximum absolute atomic E-state index is 5.95. The second kappa shape index (κ2) is 4.38. The number of nitrogens with zero attached hydrogens (tertiary/aromatic N) is 1. The molecule has 0 amide bonds. The predicted octanol–water partition coefficient (Wildman–Crippen LogP) is 2.76. The lowest BCUT2D eigenvalue weighted by Gasteiger charge is -2.23. The molecule has 0 aliphatic heterocycles. The van der Waals surface area contributed by atoms with Gasteiger partial charge in [-0.15, -0.1) is 0 Å². The second-order valence-electron chi connectivity index (χ2n) is 4.51. The predicted molar refractivity (Wildman–Crippen MR) is 62.0 cm³/mol. The van der Waals surface area contributed by atoms with E-state index in [1.165, 1.54) is 0 Å². The van der Waals surface area contributed by atoms with Gasteiger partial charge in [-0.3, -0.25) is 4.99 Å². The molecule has 0 aliphatic rings. The summed E-state index contributed by atoms with van der Waals surface area (Å²) >= 11 is 0. The summed E-state index contributed by atoms with van der Waals surface area (Å²) < 4.78 is 0. The highest BCUT2D eigenvalue weighted by atomic mass is 14.8. The SMILES string of the molecule is CC(C)(C)[C@H](N)/C=N/c1ccccc1. The van der Waals surface area contributed by atoms with Crippen molar-refractivity contribution in [3.8, 4) is 0 Å². The maximum Gasteiger partial charge on any atom is 0.0626 e.